The highest BCUT2D eigenvalue weighted by molar-refractivity contribution is 5.68. The van der Waals surface area contributed by atoms with Gasteiger partial charge in [0, 0.05) is 18.0 Å². The summed E-state index contributed by atoms with van der Waals surface area (Å²) in [5.41, 5.74) is 2.41. The lowest BCUT2D eigenvalue weighted by Crippen LogP contribution is -2.31. The molecule has 0 bridgehead atoms. The van der Waals surface area contributed by atoms with Gasteiger partial charge in [0.1, 0.15) is 5.82 Å². The van der Waals surface area contributed by atoms with E-state index in [9.17, 15) is 14.9 Å². The summed E-state index contributed by atoms with van der Waals surface area (Å²) < 4.78 is 1.18. The monoisotopic (exact) mass is 272 g/mol. The van der Waals surface area contributed by atoms with Gasteiger partial charge < -0.3 is 5.43 Å². The summed E-state index contributed by atoms with van der Waals surface area (Å²) in [6.07, 6.45) is 0.563. The van der Waals surface area contributed by atoms with Crippen LogP contribution in [-0.4, -0.2) is 20.6 Å². The molecule has 0 spiro atoms. The van der Waals surface area contributed by atoms with Crippen molar-refractivity contribution in [1.29, 1.82) is 0 Å². The molecule has 3 rings (SSSR count). The standard InChI is InChI=1S/C13H12N4O3/c1-8-7-10-14-11(9-5-3-2-4-6-9)12(17(19)20)13(18)16(10)15-8/h2-6,8,15H,7H2,1H3. The molecule has 0 amide bonds. The Morgan fingerprint density at radius 1 is 1.40 bits per heavy atom. The first-order chi connectivity index (χ1) is 9.58. The normalized spacial score (nSPS) is 16.6. The fourth-order valence-corrected chi connectivity index (χ4v) is 2.33. The van der Waals surface area contributed by atoms with Crippen molar-refractivity contribution < 1.29 is 4.92 Å². The van der Waals surface area contributed by atoms with Crippen molar-refractivity contribution in [3.63, 3.8) is 0 Å². The van der Waals surface area contributed by atoms with Crippen LogP contribution in [0, 0.1) is 10.1 Å². The molecule has 0 saturated heterocycles. The van der Waals surface area contributed by atoms with Crippen LogP contribution in [0.25, 0.3) is 11.3 Å². The van der Waals surface area contributed by atoms with Crippen LogP contribution in [-0.2, 0) is 6.42 Å². The van der Waals surface area contributed by atoms with Gasteiger partial charge >= 0.3 is 11.2 Å². The summed E-state index contributed by atoms with van der Waals surface area (Å²) in [6.45, 7) is 1.89. The van der Waals surface area contributed by atoms with E-state index in [1.165, 1.54) is 4.68 Å². The Labute approximate surface area is 114 Å². The maximum atomic E-state index is 12.3. The predicted octanol–water partition coefficient (Wildman–Crippen LogP) is 1.31. The average Bonchev–Trinajstić information content (AvgIpc) is 2.80. The van der Waals surface area contributed by atoms with E-state index in [-0.39, 0.29) is 11.7 Å². The Bertz CT molecular complexity index is 739. The number of hydrogen-bond donors (Lipinski definition) is 1. The molecule has 1 aromatic carbocycles. The molecule has 0 saturated carbocycles. The van der Waals surface area contributed by atoms with E-state index >= 15 is 0 Å². The highest BCUT2D eigenvalue weighted by Crippen LogP contribution is 2.26. The molecule has 102 valence electrons. The molecule has 1 unspecified atom stereocenters. The Balaban J connectivity index is 2.30. The molecule has 20 heavy (non-hydrogen) atoms. The first-order valence-electron chi connectivity index (χ1n) is 6.20. The summed E-state index contributed by atoms with van der Waals surface area (Å²) in [6, 6.07) is 8.76. The van der Waals surface area contributed by atoms with Gasteiger partial charge in [0.05, 0.1) is 4.92 Å². The zero-order chi connectivity index (χ0) is 14.3. The first-order valence-corrected chi connectivity index (χ1v) is 6.20. The van der Waals surface area contributed by atoms with Crippen molar-refractivity contribution in [2.45, 2.75) is 19.4 Å². The number of benzene rings is 1. The second-order valence-electron chi connectivity index (χ2n) is 4.72. The molecule has 1 aromatic heterocycles. The highest BCUT2D eigenvalue weighted by atomic mass is 16.6. The SMILES string of the molecule is CC1Cc2nc(-c3ccccc3)c([N+](=O)[O-])c(=O)n2N1. The van der Waals surface area contributed by atoms with Gasteiger partial charge in [-0.2, -0.15) is 0 Å². The van der Waals surface area contributed by atoms with Crippen molar-refractivity contribution in [2.75, 3.05) is 5.43 Å². The first kappa shape index (κ1) is 12.3. The molecular weight excluding hydrogens is 260 g/mol. The third kappa shape index (κ3) is 1.83. The van der Waals surface area contributed by atoms with E-state index in [2.05, 4.69) is 10.4 Å². The maximum Gasteiger partial charge on any atom is 0.361 e. The van der Waals surface area contributed by atoms with Crippen LogP contribution in [0.3, 0.4) is 0 Å². The maximum absolute atomic E-state index is 12.3. The van der Waals surface area contributed by atoms with E-state index in [1.54, 1.807) is 30.3 Å². The second kappa shape index (κ2) is 4.44. The second-order valence-corrected chi connectivity index (χ2v) is 4.72. The summed E-state index contributed by atoms with van der Waals surface area (Å²) in [5.74, 6) is 0.520. The molecule has 0 fully saturated rings. The van der Waals surface area contributed by atoms with Crippen molar-refractivity contribution in [2.24, 2.45) is 0 Å². The zero-order valence-electron chi connectivity index (χ0n) is 10.7. The van der Waals surface area contributed by atoms with Crippen LogP contribution in [0.2, 0.25) is 0 Å². The van der Waals surface area contributed by atoms with E-state index in [0.717, 1.165) is 0 Å². The van der Waals surface area contributed by atoms with Crippen molar-refractivity contribution in [3.8, 4) is 11.3 Å². The molecule has 7 heteroatoms. The van der Waals surface area contributed by atoms with Gasteiger partial charge in [0.25, 0.3) is 0 Å². The molecule has 1 aliphatic rings. The van der Waals surface area contributed by atoms with E-state index in [1.807, 2.05) is 6.92 Å². The van der Waals surface area contributed by atoms with Crippen molar-refractivity contribution in [3.05, 3.63) is 56.6 Å². The molecule has 0 aliphatic carbocycles. The Hall–Kier alpha value is -2.70. The lowest BCUT2D eigenvalue weighted by atomic mass is 10.1. The lowest BCUT2D eigenvalue weighted by molar-refractivity contribution is -0.386. The molecule has 1 atom stereocenters. The molecule has 0 radical (unpaired) electrons. The largest absolute Gasteiger partial charge is 0.361 e. The van der Waals surface area contributed by atoms with Crippen molar-refractivity contribution >= 4 is 5.69 Å². The molecule has 1 aliphatic heterocycles. The number of hydrogen-bond acceptors (Lipinski definition) is 5. The third-order valence-electron chi connectivity index (χ3n) is 3.20. The summed E-state index contributed by atoms with van der Waals surface area (Å²) in [4.78, 5) is 27.1. The minimum Gasteiger partial charge on any atom is -0.318 e. The third-order valence-corrected chi connectivity index (χ3v) is 3.20. The quantitative estimate of drug-likeness (QED) is 0.657. The Morgan fingerprint density at radius 2 is 2.10 bits per heavy atom. The average molecular weight is 272 g/mol. The summed E-state index contributed by atoms with van der Waals surface area (Å²) in [5, 5.41) is 11.2. The smallest absolute Gasteiger partial charge is 0.318 e. The van der Waals surface area contributed by atoms with E-state index in [4.69, 9.17) is 0 Å². The van der Waals surface area contributed by atoms with Gasteiger partial charge in [-0.05, 0) is 6.92 Å². The van der Waals surface area contributed by atoms with E-state index in [0.29, 0.717) is 17.8 Å². The summed E-state index contributed by atoms with van der Waals surface area (Å²) in [7, 11) is 0. The minimum atomic E-state index is -0.671. The number of nitrogens with zero attached hydrogens (tertiary/aromatic N) is 3. The van der Waals surface area contributed by atoms with Gasteiger partial charge in [-0.15, -0.1) is 0 Å². The van der Waals surface area contributed by atoms with Crippen LogP contribution in [0.5, 0.6) is 0 Å². The van der Waals surface area contributed by atoms with Gasteiger partial charge in [0.2, 0.25) is 0 Å². The molecule has 7 nitrogen and oxygen atoms in total. The van der Waals surface area contributed by atoms with Crippen LogP contribution in [0.4, 0.5) is 5.69 Å². The number of nitrogens with one attached hydrogen (secondary N) is 1. The Morgan fingerprint density at radius 3 is 2.75 bits per heavy atom. The van der Waals surface area contributed by atoms with Gasteiger partial charge in [-0.1, -0.05) is 30.3 Å². The molecular formula is C13H12N4O3. The molecule has 2 heterocycles. The number of fused-ring (bicyclic) bond motifs is 1. The lowest BCUT2D eigenvalue weighted by Gasteiger charge is -2.07. The molecule has 2 aromatic rings. The highest BCUT2D eigenvalue weighted by Gasteiger charge is 2.30. The summed E-state index contributed by atoms with van der Waals surface area (Å²) >= 11 is 0. The number of nitro groups is 1. The van der Waals surface area contributed by atoms with Gasteiger partial charge in [0.15, 0.2) is 5.69 Å². The van der Waals surface area contributed by atoms with E-state index < -0.39 is 16.2 Å². The molecule has 1 N–H and O–H groups in total. The number of aromatic nitrogens is 2. The van der Waals surface area contributed by atoms with Gasteiger partial charge in [-0.3, -0.25) is 14.9 Å². The van der Waals surface area contributed by atoms with Crippen LogP contribution in [0.1, 0.15) is 12.7 Å². The fraction of sp³-hybridized carbons (Fsp3) is 0.231. The topological polar surface area (TPSA) is 90.1 Å². The predicted molar refractivity (Wildman–Crippen MR) is 73.1 cm³/mol. The minimum absolute atomic E-state index is 0.0285. The van der Waals surface area contributed by atoms with Crippen LogP contribution < -0.4 is 11.0 Å². The van der Waals surface area contributed by atoms with Crippen LogP contribution in [0.15, 0.2) is 35.1 Å². The zero-order valence-corrected chi connectivity index (χ0v) is 10.7. The fourth-order valence-electron chi connectivity index (χ4n) is 2.33. The van der Waals surface area contributed by atoms with Crippen LogP contribution >= 0.6 is 0 Å². The number of rotatable bonds is 2. The Kier molecular flexibility index (Phi) is 2.74. The van der Waals surface area contributed by atoms with Crippen molar-refractivity contribution in [1.82, 2.24) is 9.66 Å². The van der Waals surface area contributed by atoms with Gasteiger partial charge in [-0.25, -0.2) is 9.66 Å².